The van der Waals surface area contributed by atoms with Gasteiger partial charge in [0, 0.05) is 48.5 Å². The van der Waals surface area contributed by atoms with Gasteiger partial charge < -0.3 is 19.9 Å². The number of ether oxygens (including phenoxy) is 1. The average Bonchev–Trinajstić information content (AvgIpc) is 3.37. The molecule has 11 nitrogen and oxygen atoms in total. The Bertz CT molecular complexity index is 1910. The van der Waals surface area contributed by atoms with Crippen LogP contribution >= 0.6 is 0 Å². The first kappa shape index (κ1) is 22.7. The maximum atomic E-state index is 16.0. The van der Waals surface area contributed by atoms with Crippen LogP contribution in [-0.2, 0) is 11.8 Å². The highest BCUT2D eigenvalue weighted by Crippen LogP contribution is 2.33. The zero-order chi connectivity index (χ0) is 31.2. The molecule has 2 aromatic carbocycles. The summed E-state index contributed by atoms with van der Waals surface area (Å²) in [5.74, 6) is -0.172. The molecule has 1 atom stereocenters. The number of rotatable bonds is 6. The Labute approximate surface area is 239 Å². The molecule has 0 unspecified atom stereocenters. The van der Waals surface area contributed by atoms with Gasteiger partial charge in [0.25, 0.3) is 0 Å². The minimum Gasteiger partial charge on any atom is -0.457 e. The molecule has 1 fully saturated rings. The lowest BCUT2D eigenvalue weighted by Crippen LogP contribution is -2.53. The van der Waals surface area contributed by atoms with Crippen molar-refractivity contribution in [2.45, 2.75) is 19.8 Å². The fraction of sp³-hybridized carbons (Fsp3) is 0.241. The molecular weight excluding hydrogens is 525 g/mol. The van der Waals surface area contributed by atoms with Gasteiger partial charge in [0.1, 0.15) is 34.7 Å². The van der Waals surface area contributed by atoms with E-state index in [2.05, 4.69) is 32.2 Å². The number of hydrogen-bond donors (Lipinski definition) is 1. The SMILES string of the molecule is [2H]C([2H])([2H])c1c(Oc2ccc3c(c2)nnn3C)ccc(Nc2ncnc3ccc(N4CCN(C(=O)C=C)[C@H](C)C4)nc23)c1F. The number of piperazine rings is 1. The van der Waals surface area contributed by atoms with Crippen LogP contribution in [0.3, 0.4) is 0 Å². The van der Waals surface area contributed by atoms with Crippen LogP contribution in [0.4, 0.5) is 21.7 Å². The molecule has 1 amide bonds. The largest absolute Gasteiger partial charge is 0.457 e. The molecule has 12 heteroatoms. The van der Waals surface area contributed by atoms with Gasteiger partial charge in [0.05, 0.1) is 16.7 Å². The number of anilines is 3. The van der Waals surface area contributed by atoms with Crippen LogP contribution in [0.5, 0.6) is 11.5 Å². The zero-order valence-corrected chi connectivity index (χ0v) is 22.4. The number of fused-ring (bicyclic) bond motifs is 2. The Kier molecular flexibility index (Phi) is 5.78. The third-order valence-electron chi connectivity index (χ3n) is 7.04. The Morgan fingerprint density at radius 2 is 2.07 bits per heavy atom. The summed E-state index contributed by atoms with van der Waals surface area (Å²) >= 11 is 0. The van der Waals surface area contributed by atoms with Crippen molar-refractivity contribution in [2.24, 2.45) is 7.05 Å². The molecule has 1 saturated heterocycles. The van der Waals surface area contributed by atoms with Crippen LogP contribution in [0.2, 0.25) is 0 Å². The second kappa shape index (κ2) is 10.5. The number of carbonyl (C=O) groups excluding carboxylic acids is 1. The van der Waals surface area contributed by atoms with E-state index in [9.17, 15) is 4.79 Å². The maximum absolute atomic E-state index is 16.0. The van der Waals surface area contributed by atoms with E-state index in [4.69, 9.17) is 13.8 Å². The van der Waals surface area contributed by atoms with E-state index in [-0.39, 0.29) is 35.0 Å². The van der Waals surface area contributed by atoms with E-state index in [1.807, 2.05) is 17.9 Å². The van der Waals surface area contributed by atoms with Gasteiger partial charge in [-0.1, -0.05) is 11.8 Å². The highest BCUT2D eigenvalue weighted by atomic mass is 19.1. The molecular formula is C29H28FN9O2. The standard InChI is InChI=1S/C29H28FN9O2/c1-5-26(40)39-13-12-38(15-17(39)2)25-11-8-21-28(34-25)29(32-16-31-21)33-20-7-10-24(18(3)27(20)30)41-19-6-9-23-22(14-19)35-36-37(23)4/h5-11,14,16-17H,1,12-13,15H2,2-4H3,(H,31,32,33)/t17-/m1/s1/i3D3. The van der Waals surface area contributed by atoms with E-state index >= 15 is 4.39 Å². The smallest absolute Gasteiger partial charge is 0.246 e. The summed E-state index contributed by atoms with van der Waals surface area (Å²) in [6.45, 7) is 4.31. The lowest BCUT2D eigenvalue weighted by Gasteiger charge is -2.40. The number of carbonyl (C=O) groups is 1. The number of aryl methyl sites for hydroxylation is 1. The molecule has 1 N–H and O–H groups in total. The fourth-order valence-corrected chi connectivity index (χ4v) is 4.89. The molecule has 4 heterocycles. The van der Waals surface area contributed by atoms with Crippen molar-refractivity contribution in [2.75, 3.05) is 29.9 Å². The molecule has 6 rings (SSSR count). The Morgan fingerprint density at radius 1 is 1.20 bits per heavy atom. The predicted octanol–water partition coefficient (Wildman–Crippen LogP) is 4.51. The summed E-state index contributed by atoms with van der Waals surface area (Å²) in [4.78, 5) is 29.3. The second-order valence-corrected chi connectivity index (χ2v) is 9.68. The monoisotopic (exact) mass is 556 g/mol. The van der Waals surface area contributed by atoms with E-state index in [0.717, 1.165) is 5.52 Å². The van der Waals surface area contributed by atoms with Crippen LogP contribution in [0.1, 0.15) is 16.6 Å². The summed E-state index contributed by atoms with van der Waals surface area (Å²) in [6.07, 6.45) is 2.63. The lowest BCUT2D eigenvalue weighted by atomic mass is 10.1. The van der Waals surface area contributed by atoms with Crippen molar-refractivity contribution in [3.05, 3.63) is 72.8 Å². The van der Waals surface area contributed by atoms with Gasteiger partial charge in [0.2, 0.25) is 5.91 Å². The number of aromatic nitrogens is 6. The van der Waals surface area contributed by atoms with Gasteiger partial charge in [-0.2, -0.15) is 0 Å². The average molecular weight is 557 g/mol. The first-order chi connectivity index (χ1) is 21.0. The third kappa shape index (κ3) is 4.88. The van der Waals surface area contributed by atoms with Crippen LogP contribution in [0.15, 0.2) is 61.4 Å². The highest BCUT2D eigenvalue weighted by Gasteiger charge is 2.27. The van der Waals surface area contributed by atoms with Crippen LogP contribution in [0.25, 0.3) is 22.1 Å². The van der Waals surface area contributed by atoms with Gasteiger partial charge in [-0.05, 0) is 56.2 Å². The molecule has 1 aliphatic heterocycles. The third-order valence-corrected chi connectivity index (χ3v) is 7.04. The van der Waals surface area contributed by atoms with Crippen molar-refractivity contribution < 1.29 is 18.0 Å². The normalized spacial score (nSPS) is 16.8. The minimum absolute atomic E-state index is 0.0629. The van der Waals surface area contributed by atoms with E-state index in [1.165, 1.54) is 24.5 Å². The molecule has 0 saturated carbocycles. The fourth-order valence-electron chi connectivity index (χ4n) is 4.89. The molecule has 0 radical (unpaired) electrons. The molecule has 208 valence electrons. The van der Waals surface area contributed by atoms with Crippen LogP contribution in [0, 0.1) is 12.7 Å². The summed E-state index contributed by atoms with van der Waals surface area (Å²) in [7, 11) is 1.75. The Hall–Kier alpha value is -5.13. The summed E-state index contributed by atoms with van der Waals surface area (Å²) in [5, 5.41) is 10.9. The molecule has 3 aromatic heterocycles. The molecule has 0 spiro atoms. The molecule has 0 aliphatic carbocycles. The van der Waals surface area contributed by atoms with Crippen molar-refractivity contribution in [1.82, 2.24) is 34.8 Å². The summed E-state index contributed by atoms with van der Waals surface area (Å²) in [6, 6.07) is 11.3. The first-order valence-electron chi connectivity index (χ1n) is 14.4. The number of amides is 1. The number of halogens is 1. The van der Waals surface area contributed by atoms with Crippen LogP contribution < -0.4 is 15.0 Å². The quantitative estimate of drug-likeness (QED) is 0.302. The summed E-state index contributed by atoms with van der Waals surface area (Å²) in [5.41, 5.74) is 1.47. The minimum atomic E-state index is -2.83. The topological polar surface area (TPSA) is 114 Å². The van der Waals surface area contributed by atoms with Crippen molar-refractivity contribution >= 4 is 45.3 Å². The summed E-state index contributed by atoms with van der Waals surface area (Å²) < 4.78 is 47.6. The Morgan fingerprint density at radius 3 is 2.88 bits per heavy atom. The maximum Gasteiger partial charge on any atom is 0.246 e. The molecule has 5 aromatic rings. The van der Waals surface area contributed by atoms with Crippen LogP contribution in [-0.4, -0.2) is 66.4 Å². The molecule has 1 aliphatic rings. The molecule has 41 heavy (non-hydrogen) atoms. The van der Waals surface area contributed by atoms with E-state index < -0.39 is 18.2 Å². The van der Waals surface area contributed by atoms with E-state index in [1.54, 1.807) is 40.9 Å². The van der Waals surface area contributed by atoms with Crippen molar-refractivity contribution in [3.63, 3.8) is 0 Å². The van der Waals surface area contributed by atoms with Crippen molar-refractivity contribution in [1.29, 1.82) is 0 Å². The van der Waals surface area contributed by atoms with Crippen molar-refractivity contribution in [3.8, 4) is 11.5 Å². The number of benzene rings is 2. The van der Waals surface area contributed by atoms with Gasteiger partial charge in [0.15, 0.2) is 11.6 Å². The first-order valence-corrected chi connectivity index (χ1v) is 12.9. The van der Waals surface area contributed by atoms with Gasteiger partial charge >= 0.3 is 0 Å². The lowest BCUT2D eigenvalue weighted by molar-refractivity contribution is -0.128. The second-order valence-electron chi connectivity index (χ2n) is 9.68. The molecule has 0 bridgehead atoms. The van der Waals surface area contributed by atoms with E-state index in [0.29, 0.717) is 42.0 Å². The number of nitrogens with zero attached hydrogens (tertiary/aromatic N) is 8. The zero-order valence-electron chi connectivity index (χ0n) is 25.4. The Balaban J connectivity index is 1.31. The van der Waals surface area contributed by atoms with Gasteiger partial charge in [-0.3, -0.25) is 4.79 Å². The van der Waals surface area contributed by atoms with Gasteiger partial charge in [-0.25, -0.2) is 24.0 Å². The highest BCUT2D eigenvalue weighted by molar-refractivity contribution is 5.89. The number of pyridine rings is 1. The number of hydrogen-bond acceptors (Lipinski definition) is 9. The predicted molar refractivity (Wildman–Crippen MR) is 154 cm³/mol. The van der Waals surface area contributed by atoms with Gasteiger partial charge in [-0.15, -0.1) is 5.10 Å². The number of nitrogens with one attached hydrogen (secondary N) is 1.